The summed E-state index contributed by atoms with van der Waals surface area (Å²) in [6.07, 6.45) is 27.4. The van der Waals surface area contributed by atoms with E-state index < -0.39 is 0 Å². The number of hydrogen-bond acceptors (Lipinski definition) is 1. The Hall–Kier alpha value is -0.890. The maximum Gasteiger partial charge on any atom is 0.168 e. The van der Waals surface area contributed by atoms with Crippen LogP contribution in [0.2, 0.25) is 0 Å². The lowest BCUT2D eigenvalue weighted by molar-refractivity contribution is -0.697. The van der Waals surface area contributed by atoms with Crippen molar-refractivity contribution in [3.63, 3.8) is 0 Å². The molecule has 1 aromatic rings. The van der Waals surface area contributed by atoms with Gasteiger partial charge in [-0.25, -0.2) is 4.57 Å². The lowest BCUT2D eigenvalue weighted by Crippen LogP contribution is -2.32. The SMILES string of the molecule is CCCCCCCCCCCCCCCCCC[n+]1ccccc1.[OH-]. The molecule has 0 aliphatic rings. The first-order valence-electron chi connectivity index (χ1n) is 10.9. The van der Waals surface area contributed by atoms with Crippen LogP contribution in [0.15, 0.2) is 30.6 Å². The second-order valence-electron chi connectivity index (χ2n) is 7.42. The number of pyridine rings is 1. The van der Waals surface area contributed by atoms with Crippen molar-refractivity contribution in [3.8, 4) is 0 Å². The zero-order valence-electron chi connectivity index (χ0n) is 16.8. The summed E-state index contributed by atoms with van der Waals surface area (Å²) in [5, 5.41) is 0. The summed E-state index contributed by atoms with van der Waals surface area (Å²) in [6, 6.07) is 6.32. The van der Waals surface area contributed by atoms with Crippen molar-refractivity contribution in [2.45, 2.75) is 116 Å². The fourth-order valence-corrected chi connectivity index (χ4v) is 3.43. The van der Waals surface area contributed by atoms with Gasteiger partial charge in [0.2, 0.25) is 0 Å². The molecule has 0 aliphatic heterocycles. The first-order chi connectivity index (χ1) is 11.9. The molecule has 146 valence electrons. The van der Waals surface area contributed by atoms with E-state index in [1.54, 1.807) is 0 Å². The fraction of sp³-hybridized carbons (Fsp3) is 0.783. The normalized spacial score (nSPS) is 10.6. The Balaban J connectivity index is 0.00000576. The van der Waals surface area contributed by atoms with Crippen molar-refractivity contribution in [3.05, 3.63) is 30.6 Å². The van der Waals surface area contributed by atoms with Gasteiger partial charge in [-0.1, -0.05) is 103 Å². The molecule has 1 heterocycles. The second-order valence-corrected chi connectivity index (χ2v) is 7.42. The molecule has 0 atom stereocenters. The third-order valence-corrected chi connectivity index (χ3v) is 5.05. The van der Waals surface area contributed by atoms with E-state index >= 15 is 0 Å². The highest BCUT2D eigenvalue weighted by molar-refractivity contribution is 4.83. The molecule has 0 aromatic carbocycles. The predicted molar refractivity (Wildman–Crippen MR) is 108 cm³/mol. The maximum absolute atomic E-state index is 2.30. The monoisotopic (exact) mass is 349 g/mol. The lowest BCUT2D eigenvalue weighted by atomic mass is 10.0. The molecule has 0 bridgehead atoms. The van der Waals surface area contributed by atoms with Crippen molar-refractivity contribution in [2.75, 3.05) is 0 Å². The van der Waals surface area contributed by atoms with Crippen LogP contribution in [0.5, 0.6) is 0 Å². The Bertz CT molecular complexity index is 352. The zero-order chi connectivity index (χ0) is 17.1. The number of aryl methyl sites for hydroxylation is 1. The Morgan fingerprint density at radius 2 is 0.840 bits per heavy atom. The minimum absolute atomic E-state index is 0. The third kappa shape index (κ3) is 16.3. The first kappa shape index (κ1) is 24.1. The minimum atomic E-state index is 0. The Morgan fingerprint density at radius 3 is 1.24 bits per heavy atom. The quantitative estimate of drug-likeness (QED) is 0.219. The van der Waals surface area contributed by atoms with Gasteiger partial charge in [-0.05, 0) is 6.42 Å². The zero-order valence-corrected chi connectivity index (χ0v) is 16.8. The van der Waals surface area contributed by atoms with Gasteiger partial charge in [0.05, 0.1) is 0 Å². The van der Waals surface area contributed by atoms with Crippen LogP contribution in [-0.2, 0) is 6.54 Å². The van der Waals surface area contributed by atoms with Crippen molar-refractivity contribution >= 4 is 0 Å². The van der Waals surface area contributed by atoms with Crippen LogP contribution in [0.1, 0.15) is 110 Å². The van der Waals surface area contributed by atoms with E-state index in [2.05, 4.69) is 42.1 Å². The summed E-state index contributed by atoms with van der Waals surface area (Å²) in [5.41, 5.74) is 0. The van der Waals surface area contributed by atoms with Gasteiger partial charge in [0, 0.05) is 18.6 Å². The molecular formula is C23H43NO. The summed E-state index contributed by atoms with van der Waals surface area (Å²) in [5.74, 6) is 0. The summed E-state index contributed by atoms with van der Waals surface area (Å²) >= 11 is 0. The number of nitrogens with zero attached hydrogens (tertiary/aromatic N) is 1. The average Bonchev–Trinajstić information content (AvgIpc) is 2.62. The number of hydrogen-bond donors (Lipinski definition) is 0. The van der Waals surface area contributed by atoms with Gasteiger partial charge in [0.15, 0.2) is 12.4 Å². The predicted octanol–water partition coefficient (Wildman–Crippen LogP) is 7.06. The van der Waals surface area contributed by atoms with E-state index in [-0.39, 0.29) is 5.48 Å². The van der Waals surface area contributed by atoms with Gasteiger partial charge in [0.25, 0.3) is 0 Å². The van der Waals surface area contributed by atoms with E-state index in [1.807, 2.05) is 0 Å². The molecule has 0 spiro atoms. The molecule has 0 saturated heterocycles. The molecule has 0 unspecified atom stereocenters. The van der Waals surface area contributed by atoms with Gasteiger partial charge in [0.1, 0.15) is 6.54 Å². The summed E-state index contributed by atoms with van der Waals surface area (Å²) in [6.45, 7) is 3.48. The van der Waals surface area contributed by atoms with Gasteiger partial charge in [-0.2, -0.15) is 0 Å². The van der Waals surface area contributed by atoms with Gasteiger partial charge in [-0.3, -0.25) is 0 Å². The number of rotatable bonds is 17. The van der Waals surface area contributed by atoms with Crippen molar-refractivity contribution in [2.24, 2.45) is 0 Å². The van der Waals surface area contributed by atoms with Gasteiger partial charge in [-0.15, -0.1) is 0 Å². The topological polar surface area (TPSA) is 33.9 Å². The largest absolute Gasteiger partial charge is 0.870 e. The second kappa shape index (κ2) is 19.4. The molecule has 0 amide bonds. The molecule has 2 heteroatoms. The number of aromatic nitrogens is 1. The lowest BCUT2D eigenvalue weighted by Gasteiger charge is -2.03. The molecule has 0 fully saturated rings. The van der Waals surface area contributed by atoms with Gasteiger partial charge >= 0.3 is 0 Å². The summed E-state index contributed by atoms with van der Waals surface area (Å²) < 4.78 is 2.30. The maximum atomic E-state index is 2.30. The molecule has 1 N–H and O–H groups in total. The van der Waals surface area contributed by atoms with Crippen LogP contribution in [-0.4, -0.2) is 5.48 Å². The van der Waals surface area contributed by atoms with Crippen LogP contribution < -0.4 is 4.57 Å². The van der Waals surface area contributed by atoms with Crippen molar-refractivity contribution in [1.29, 1.82) is 0 Å². The highest BCUT2D eigenvalue weighted by Crippen LogP contribution is 2.13. The first-order valence-corrected chi connectivity index (χ1v) is 10.9. The Labute approximate surface area is 157 Å². The van der Waals surface area contributed by atoms with Crippen LogP contribution in [0.25, 0.3) is 0 Å². The molecule has 1 rings (SSSR count). The standard InChI is InChI=1S/C23H42N.H2O/c1-2-3-4-5-6-7-8-9-10-11-12-13-14-15-16-18-21-24-22-19-17-20-23-24;/h17,19-20,22-23H,2-16,18,21H2,1H3;1H2/q+1;/p-1. The minimum Gasteiger partial charge on any atom is -0.870 e. The molecule has 0 radical (unpaired) electrons. The molecule has 2 nitrogen and oxygen atoms in total. The molecule has 0 aliphatic carbocycles. The fourth-order valence-electron chi connectivity index (χ4n) is 3.43. The van der Waals surface area contributed by atoms with Crippen molar-refractivity contribution in [1.82, 2.24) is 0 Å². The van der Waals surface area contributed by atoms with Crippen molar-refractivity contribution < 1.29 is 10.0 Å². The van der Waals surface area contributed by atoms with E-state index in [1.165, 1.54) is 109 Å². The Morgan fingerprint density at radius 1 is 0.480 bits per heavy atom. The highest BCUT2D eigenvalue weighted by atomic mass is 16.0. The van der Waals surface area contributed by atoms with Crippen LogP contribution >= 0.6 is 0 Å². The average molecular weight is 350 g/mol. The molecule has 1 aromatic heterocycles. The Kier molecular flexibility index (Phi) is 18.7. The van der Waals surface area contributed by atoms with Crippen LogP contribution in [0, 0.1) is 0 Å². The van der Waals surface area contributed by atoms with Crippen LogP contribution in [0.4, 0.5) is 0 Å². The summed E-state index contributed by atoms with van der Waals surface area (Å²) in [4.78, 5) is 0. The molecule has 0 saturated carbocycles. The van der Waals surface area contributed by atoms with E-state index in [0.717, 1.165) is 0 Å². The molecular weight excluding hydrogens is 306 g/mol. The third-order valence-electron chi connectivity index (χ3n) is 5.05. The highest BCUT2D eigenvalue weighted by Gasteiger charge is 1.98. The smallest absolute Gasteiger partial charge is 0.168 e. The number of unbranched alkanes of at least 4 members (excludes halogenated alkanes) is 15. The van der Waals surface area contributed by atoms with Crippen LogP contribution in [0.3, 0.4) is 0 Å². The summed E-state index contributed by atoms with van der Waals surface area (Å²) in [7, 11) is 0. The van der Waals surface area contributed by atoms with E-state index in [0.29, 0.717) is 0 Å². The molecule has 25 heavy (non-hydrogen) atoms. The van der Waals surface area contributed by atoms with E-state index in [4.69, 9.17) is 0 Å². The van der Waals surface area contributed by atoms with Gasteiger partial charge < -0.3 is 5.48 Å². The van der Waals surface area contributed by atoms with E-state index in [9.17, 15) is 0 Å².